The zero-order chi connectivity index (χ0) is 21.3. The molecule has 0 saturated carbocycles. The molecule has 4 nitrogen and oxygen atoms in total. The summed E-state index contributed by atoms with van der Waals surface area (Å²) < 4.78 is 50.1. The Labute approximate surface area is 183 Å². The molecule has 10 heteroatoms. The molecular formula is C20H12F3NO3S3. The van der Waals surface area contributed by atoms with E-state index in [0.29, 0.717) is 16.6 Å². The summed E-state index contributed by atoms with van der Waals surface area (Å²) in [6.07, 6.45) is -1.39. The van der Waals surface area contributed by atoms with E-state index >= 15 is 0 Å². The Kier molecular flexibility index (Phi) is 5.81. The van der Waals surface area contributed by atoms with Crippen LogP contribution in [-0.2, 0) is 16.7 Å². The molecule has 1 amide bonds. The SMILES string of the molecule is O=C1C(=Cc2ccc(SCc3ccco3)o2)SC(=S)N1c1cccc(C(F)(F)F)c1. The van der Waals surface area contributed by atoms with Gasteiger partial charge in [0.15, 0.2) is 9.41 Å². The molecule has 0 radical (unpaired) electrons. The highest BCUT2D eigenvalue weighted by molar-refractivity contribution is 8.27. The molecule has 3 heterocycles. The van der Waals surface area contributed by atoms with E-state index in [2.05, 4.69) is 0 Å². The van der Waals surface area contributed by atoms with Gasteiger partial charge < -0.3 is 8.83 Å². The zero-order valence-corrected chi connectivity index (χ0v) is 17.5. The Morgan fingerprint density at radius 1 is 1.17 bits per heavy atom. The lowest BCUT2D eigenvalue weighted by atomic mass is 10.2. The van der Waals surface area contributed by atoms with Crippen LogP contribution in [0.4, 0.5) is 18.9 Å². The van der Waals surface area contributed by atoms with Gasteiger partial charge in [-0.2, -0.15) is 13.2 Å². The predicted molar refractivity (Wildman–Crippen MR) is 114 cm³/mol. The summed E-state index contributed by atoms with van der Waals surface area (Å²) in [5.74, 6) is 1.35. The van der Waals surface area contributed by atoms with E-state index < -0.39 is 17.6 Å². The smallest absolute Gasteiger partial charge is 0.416 e. The maximum Gasteiger partial charge on any atom is 0.416 e. The Morgan fingerprint density at radius 3 is 2.73 bits per heavy atom. The Morgan fingerprint density at radius 2 is 2.00 bits per heavy atom. The van der Waals surface area contributed by atoms with Crippen LogP contribution in [0.3, 0.4) is 0 Å². The molecule has 1 saturated heterocycles. The van der Waals surface area contributed by atoms with Crippen molar-refractivity contribution in [2.24, 2.45) is 0 Å². The highest BCUT2D eigenvalue weighted by Gasteiger charge is 2.36. The van der Waals surface area contributed by atoms with E-state index in [1.165, 1.54) is 30.0 Å². The molecule has 0 aliphatic carbocycles. The molecule has 1 aromatic carbocycles. The quantitative estimate of drug-likeness (QED) is 0.240. The first-order chi connectivity index (χ1) is 14.3. The highest BCUT2D eigenvalue weighted by atomic mass is 32.2. The van der Waals surface area contributed by atoms with Gasteiger partial charge in [-0.05, 0) is 42.5 Å². The first-order valence-electron chi connectivity index (χ1n) is 8.51. The standard InChI is InChI=1S/C20H12F3NO3S3/c21-20(22,23)12-3-1-4-13(9-12)24-18(25)16(30-19(24)28)10-14-6-7-17(27-14)29-11-15-5-2-8-26-15/h1-10H,11H2. The molecule has 30 heavy (non-hydrogen) atoms. The molecule has 1 fully saturated rings. The van der Waals surface area contributed by atoms with Gasteiger partial charge in [0.2, 0.25) is 0 Å². The van der Waals surface area contributed by atoms with Crippen LogP contribution in [0.5, 0.6) is 0 Å². The summed E-state index contributed by atoms with van der Waals surface area (Å²) in [5.41, 5.74) is -0.771. The minimum Gasteiger partial charge on any atom is -0.468 e. The molecule has 0 unspecified atom stereocenters. The second kappa shape index (κ2) is 8.37. The van der Waals surface area contributed by atoms with Crippen molar-refractivity contribution in [3.8, 4) is 0 Å². The average molecular weight is 468 g/mol. The number of thiocarbonyl (C=S) groups is 1. The largest absolute Gasteiger partial charge is 0.468 e. The third kappa shape index (κ3) is 4.50. The van der Waals surface area contributed by atoms with Crippen LogP contribution < -0.4 is 4.90 Å². The number of anilines is 1. The number of carbonyl (C=O) groups excluding carboxylic acids is 1. The first-order valence-corrected chi connectivity index (χ1v) is 10.7. The predicted octanol–water partition coefficient (Wildman–Crippen LogP) is 6.59. The first kappa shape index (κ1) is 20.8. The van der Waals surface area contributed by atoms with Crippen LogP contribution in [0.25, 0.3) is 6.08 Å². The van der Waals surface area contributed by atoms with Gasteiger partial charge in [-0.25, -0.2) is 0 Å². The molecule has 0 atom stereocenters. The van der Waals surface area contributed by atoms with Crippen molar-refractivity contribution < 1.29 is 26.8 Å². The molecule has 0 N–H and O–H groups in total. The van der Waals surface area contributed by atoms with Gasteiger partial charge in [0.25, 0.3) is 5.91 Å². The number of amides is 1. The van der Waals surface area contributed by atoms with Crippen molar-refractivity contribution >= 4 is 57.7 Å². The summed E-state index contributed by atoms with van der Waals surface area (Å²) >= 11 is 7.67. The minimum absolute atomic E-state index is 0.0739. The number of furan rings is 2. The lowest BCUT2D eigenvalue weighted by Crippen LogP contribution is -2.27. The van der Waals surface area contributed by atoms with Gasteiger partial charge in [0, 0.05) is 6.08 Å². The van der Waals surface area contributed by atoms with Crippen molar-refractivity contribution in [1.82, 2.24) is 0 Å². The summed E-state index contributed by atoms with van der Waals surface area (Å²) in [7, 11) is 0. The minimum atomic E-state index is -4.51. The fraction of sp³-hybridized carbons (Fsp3) is 0.100. The fourth-order valence-electron chi connectivity index (χ4n) is 2.67. The van der Waals surface area contributed by atoms with E-state index in [4.69, 9.17) is 21.1 Å². The Bertz CT molecular complexity index is 1120. The van der Waals surface area contributed by atoms with Crippen molar-refractivity contribution in [1.29, 1.82) is 0 Å². The van der Waals surface area contributed by atoms with Gasteiger partial charge in [-0.15, -0.1) is 0 Å². The third-order valence-corrected chi connectivity index (χ3v) is 6.27. The summed E-state index contributed by atoms with van der Waals surface area (Å²) in [6.45, 7) is 0. The lowest BCUT2D eigenvalue weighted by molar-refractivity contribution is -0.137. The van der Waals surface area contributed by atoms with E-state index in [0.717, 1.165) is 34.6 Å². The van der Waals surface area contributed by atoms with Gasteiger partial charge >= 0.3 is 6.18 Å². The van der Waals surface area contributed by atoms with Crippen molar-refractivity contribution in [3.05, 3.63) is 76.8 Å². The van der Waals surface area contributed by atoms with E-state index in [9.17, 15) is 18.0 Å². The number of carbonyl (C=O) groups is 1. The molecular weight excluding hydrogens is 455 g/mol. The molecule has 2 aromatic heterocycles. The van der Waals surface area contributed by atoms with E-state index in [1.807, 2.05) is 6.07 Å². The number of hydrogen-bond acceptors (Lipinski definition) is 6. The van der Waals surface area contributed by atoms with Crippen LogP contribution >= 0.6 is 35.7 Å². The number of rotatable bonds is 5. The van der Waals surface area contributed by atoms with Crippen molar-refractivity contribution in [3.63, 3.8) is 0 Å². The third-order valence-electron chi connectivity index (χ3n) is 4.04. The maximum absolute atomic E-state index is 13.0. The van der Waals surface area contributed by atoms with Gasteiger partial charge in [-0.1, -0.05) is 41.8 Å². The number of hydrogen-bond donors (Lipinski definition) is 0. The lowest BCUT2D eigenvalue weighted by Gasteiger charge is -2.16. The van der Waals surface area contributed by atoms with Gasteiger partial charge in [-0.3, -0.25) is 9.69 Å². The maximum atomic E-state index is 13.0. The molecule has 0 spiro atoms. The second-order valence-electron chi connectivity index (χ2n) is 6.09. The van der Waals surface area contributed by atoms with Crippen LogP contribution in [0.15, 0.2) is 73.6 Å². The number of nitrogens with zero attached hydrogens (tertiary/aromatic N) is 1. The Balaban J connectivity index is 1.51. The van der Waals surface area contributed by atoms with Crippen molar-refractivity contribution in [2.75, 3.05) is 4.90 Å². The molecule has 0 bridgehead atoms. The molecule has 4 rings (SSSR count). The van der Waals surface area contributed by atoms with Crippen LogP contribution in [0, 0.1) is 0 Å². The van der Waals surface area contributed by atoms with Crippen LogP contribution in [-0.4, -0.2) is 10.2 Å². The van der Waals surface area contributed by atoms with Crippen molar-refractivity contribution in [2.45, 2.75) is 17.0 Å². The highest BCUT2D eigenvalue weighted by Crippen LogP contribution is 2.39. The topological polar surface area (TPSA) is 46.6 Å². The average Bonchev–Trinajstić information content (AvgIpc) is 3.42. The molecule has 154 valence electrons. The van der Waals surface area contributed by atoms with Gasteiger partial charge in [0.05, 0.1) is 28.2 Å². The summed E-state index contributed by atoms with van der Waals surface area (Å²) in [5, 5.41) is 0.644. The number of thioether (sulfide) groups is 2. The van der Waals surface area contributed by atoms with Crippen LogP contribution in [0.2, 0.25) is 0 Å². The number of benzene rings is 1. The normalized spacial score (nSPS) is 16.1. The fourth-order valence-corrected chi connectivity index (χ4v) is 4.71. The monoisotopic (exact) mass is 467 g/mol. The van der Waals surface area contributed by atoms with Gasteiger partial charge in [0.1, 0.15) is 11.5 Å². The molecule has 1 aliphatic heterocycles. The zero-order valence-electron chi connectivity index (χ0n) is 15.0. The second-order valence-corrected chi connectivity index (χ2v) is 8.75. The summed E-state index contributed by atoms with van der Waals surface area (Å²) in [4.78, 5) is 14.1. The van der Waals surface area contributed by atoms with E-state index in [-0.39, 0.29) is 14.9 Å². The molecule has 1 aliphatic rings. The Hall–Kier alpha value is -2.43. The van der Waals surface area contributed by atoms with Crippen LogP contribution in [0.1, 0.15) is 17.1 Å². The molecule has 3 aromatic rings. The number of alkyl halides is 3. The summed E-state index contributed by atoms with van der Waals surface area (Å²) in [6, 6.07) is 11.7. The van der Waals surface area contributed by atoms with E-state index in [1.54, 1.807) is 24.5 Å². The number of halogens is 3.